The van der Waals surface area contributed by atoms with Crippen LogP contribution < -0.4 is 10.6 Å². The fourth-order valence-corrected chi connectivity index (χ4v) is 1.84. The van der Waals surface area contributed by atoms with Crippen LogP contribution in [0.3, 0.4) is 0 Å². The van der Waals surface area contributed by atoms with E-state index >= 15 is 0 Å². The van der Waals surface area contributed by atoms with Crippen molar-refractivity contribution in [3.8, 4) is 0 Å². The zero-order valence-electron chi connectivity index (χ0n) is 11.0. The normalized spacial score (nSPS) is 9.84. The molecule has 0 saturated heterocycles. The Morgan fingerprint density at radius 3 is 2.63 bits per heavy atom. The lowest BCUT2D eigenvalue weighted by atomic mass is 10.1. The van der Waals surface area contributed by atoms with E-state index in [0.29, 0.717) is 25.3 Å². The average Bonchev–Trinajstić information content (AvgIpc) is 2.38. The Balaban J connectivity index is 2.40. The number of nitrogens with one attached hydrogen (secondary N) is 2. The van der Waals surface area contributed by atoms with Gasteiger partial charge in [0.05, 0.1) is 6.61 Å². The molecule has 0 radical (unpaired) electrons. The number of amides is 2. The van der Waals surface area contributed by atoms with E-state index in [1.165, 1.54) is 0 Å². The number of carbonyl (C=O) groups excluding carboxylic acids is 2. The lowest BCUT2D eigenvalue weighted by Gasteiger charge is -2.09. The molecule has 0 fully saturated rings. The molecule has 1 rings (SSSR count). The predicted octanol–water partition coefficient (Wildman–Crippen LogP) is 2.23. The van der Waals surface area contributed by atoms with Crippen LogP contribution in [0.2, 0.25) is 0 Å². The first-order chi connectivity index (χ1) is 9.06. The second kappa shape index (κ2) is 7.78. The molecule has 0 aliphatic rings. The first-order valence-corrected chi connectivity index (χ1v) is 6.79. The maximum Gasteiger partial charge on any atom is 0.407 e. The minimum Gasteiger partial charge on any atom is -0.450 e. The number of carbonyl (C=O) groups is 2. The summed E-state index contributed by atoms with van der Waals surface area (Å²) in [6.45, 7) is 4.61. The Bertz CT molecular complexity index is 463. The predicted molar refractivity (Wildman–Crippen MR) is 76.2 cm³/mol. The molecule has 0 saturated carbocycles. The number of hydrogen-bond donors (Lipinski definition) is 2. The van der Waals surface area contributed by atoms with Crippen molar-refractivity contribution in [1.29, 1.82) is 0 Å². The van der Waals surface area contributed by atoms with Crippen molar-refractivity contribution in [2.24, 2.45) is 0 Å². The molecule has 2 amide bonds. The van der Waals surface area contributed by atoms with Crippen LogP contribution >= 0.6 is 15.9 Å². The van der Waals surface area contributed by atoms with E-state index in [-0.39, 0.29) is 5.91 Å². The van der Waals surface area contributed by atoms with Crippen LogP contribution in [0.4, 0.5) is 4.79 Å². The molecule has 1 aromatic rings. The molecule has 6 heteroatoms. The number of benzene rings is 1. The van der Waals surface area contributed by atoms with E-state index in [9.17, 15) is 9.59 Å². The number of hydrogen-bond acceptors (Lipinski definition) is 3. The van der Waals surface area contributed by atoms with Gasteiger partial charge in [-0.25, -0.2) is 4.79 Å². The SMILES string of the molecule is CCOC(=O)NCCNC(=O)c1cccc(Br)c1C. The summed E-state index contributed by atoms with van der Waals surface area (Å²) in [6, 6.07) is 5.45. The van der Waals surface area contributed by atoms with Gasteiger partial charge in [-0.3, -0.25) is 4.79 Å². The van der Waals surface area contributed by atoms with Crippen LogP contribution in [0.1, 0.15) is 22.8 Å². The maximum absolute atomic E-state index is 11.9. The van der Waals surface area contributed by atoms with Gasteiger partial charge in [-0.2, -0.15) is 0 Å². The van der Waals surface area contributed by atoms with Crippen LogP contribution in [-0.4, -0.2) is 31.7 Å². The van der Waals surface area contributed by atoms with Crippen molar-refractivity contribution >= 4 is 27.9 Å². The molecule has 0 bridgehead atoms. The fraction of sp³-hybridized carbons (Fsp3) is 0.385. The highest BCUT2D eigenvalue weighted by atomic mass is 79.9. The fourth-order valence-electron chi connectivity index (χ4n) is 1.47. The molecule has 5 nitrogen and oxygen atoms in total. The second-order valence-electron chi connectivity index (χ2n) is 3.82. The summed E-state index contributed by atoms with van der Waals surface area (Å²) < 4.78 is 5.59. The molecule has 0 aliphatic heterocycles. The van der Waals surface area contributed by atoms with Crippen LogP contribution in [-0.2, 0) is 4.74 Å². The summed E-state index contributed by atoms with van der Waals surface area (Å²) in [5.41, 5.74) is 1.50. The van der Waals surface area contributed by atoms with Gasteiger partial charge in [-0.05, 0) is 31.5 Å². The number of halogens is 1. The summed E-state index contributed by atoms with van der Waals surface area (Å²) >= 11 is 3.38. The van der Waals surface area contributed by atoms with E-state index in [1.54, 1.807) is 13.0 Å². The van der Waals surface area contributed by atoms with E-state index in [4.69, 9.17) is 4.74 Å². The molecule has 0 spiro atoms. The van der Waals surface area contributed by atoms with Gasteiger partial charge in [0.1, 0.15) is 0 Å². The van der Waals surface area contributed by atoms with Crippen molar-refractivity contribution in [2.45, 2.75) is 13.8 Å². The second-order valence-corrected chi connectivity index (χ2v) is 4.67. The lowest BCUT2D eigenvalue weighted by molar-refractivity contribution is 0.0951. The van der Waals surface area contributed by atoms with Gasteiger partial charge in [0.2, 0.25) is 0 Å². The number of alkyl carbamates (subject to hydrolysis) is 1. The topological polar surface area (TPSA) is 67.4 Å². The van der Waals surface area contributed by atoms with Gasteiger partial charge in [0.15, 0.2) is 0 Å². The van der Waals surface area contributed by atoms with Crippen molar-refractivity contribution in [2.75, 3.05) is 19.7 Å². The van der Waals surface area contributed by atoms with Gasteiger partial charge in [-0.15, -0.1) is 0 Å². The highest BCUT2D eigenvalue weighted by molar-refractivity contribution is 9.10. The number of ether oxygens (including phenoxy) is 1. The third-order valence-electron chi connectivity index (χ3n) is 2.47. The van der Waals surface area contributed by atoms with Gasteiger partial charge in [0, 0.05) is 23.1 Å². The molecule has 1 aromatic carbocycles. The van der Waals surface area contributed by atoms with Gasteiger partial charge < -0.3 is 15.4 Å². The van der Waals surface area contributed by atoms with Gasteiger partial charge >= 0.3 is 6.09 Å². The van der Waals surface area contributed by atoms with Crippen molar-refractivity contribution in [3.63, 3.8) is 0 Å². The molecule has 2 N–H and O–H groups in total. The highest BCUT2D eigenvalue weighted by Gasteiger charge is 2.10. The van der Waals surface area contributed by atoms with Gasteiger partial charge in [0.25, 0.3) is 5.91 Å². The standard InChI is InChI=1S/C13H17BrN2O3/c1-3-19-13(18)16-8-7-15-12(17)10-5-4-6-11(14)9(10)2/h4-6H,3,7-8H2,1-2H3,(H,15,17)(H,16,18). The lowest BCUT2D eigenvalue weighted by Crippen LogP contribution is -2.35. The van der Waals surface area contributed by atoms with Crippen molar-refractivity contribution in [1.82, 2.24) is 10.6 Å². The van der Waals surface area contributed by atoms with Crippen LogP contribution in [0.15, 0.2) is 22.7 Å². The monoisotopic (exact) mass is 328 g/mol. The number of rotatable bonds is 5. The van der Waals surface area contributed by atoms with E-state index < -0.39 is 6.09 Å². The largest absolute Gasteiger partial charge is 0.450 e. The molecule has 0 heterocycles. The van der Waals surface area contributed by atoms with Crippen molar-refractivity contribution < 1.29 is 14.3 Å². The van der Waals surface area contributed by atoms with Crippen LogP contribution in [0.25, 0.3) is 0 Å². The summed E-state index contributed by atoms with van der Waals surface area (Å²) in [5.74, 6) is -0.163. The zero-order chi connectivity index (χ0) is 14.3. The molecular weight excluding hydrogens is 312 g/mol. The molecule has 0 atom stereocenters. The van der Waals surface area contributed by atoms with Crippen molar-refractivity contribution in [3.05, 3.63) is 33.8 Å². The van der Waals surface area contributed by atoms with Gasteiger partial charge in [-0.1, -0.05) is 22.0 Å². The summed E-state index contributed by atoms with van der Waals surface area (Å²) in [7, 11) is 0. The first kappa shape index (κ1) is 15.5. The molecule has 19 heavy (non-hydrogen) atoms. The smallest absolute Gasteiger partial charge is 0.407 e. The average molecular weight is 329 g/mol. The molecule has 0 aliphatic carbocycles. The zero-order valence-corrected chi connectivity index (χ0v) is 12.5. The van der Waals surface area contributed by atoms with Crippen LogP contribution in [0.5, 0.6) is 0 Å². The minimum absolute atomic E-state index is 0.163. The third kappa shape index (κ3) is 4.90. The summed E-state index contributed by atoms with van der Waals surface area (Å²) in [4.78, 5) is 22.9. The van der Waals surface area contributed by atoms with E-state index in [2.05, 4.69) is 26.6 Å². The minimum atomic E-state index is -0.476. The Morgan fingerprint density at radius 2 is 1.95 bits per heavy atom. The Morgan fingerprint density at radius 1 is 1.26 bits per heavy atom. The molecular formula is C13H17BrN2O3. The van der Waals surface area contributed by atoms with E-state index in [1.807, 2.05) is 19.1 Å². The first-order valence-electron chi connectivity index (χ1n) is 6.00. The molecule has 104 valence electrons. The summed E-state index contributed by atoms with van der Waals surface area (Å²) in [5, 5.41) is 5.27. The molecule has 0 aromatic heterocycles. The Hall–Kier alpha value is -1.56. The summed E-state index contributed by atoms with van der Waals surface area (Å²) in [6.07, 6.45) is -0.476. The Labute approximate surface area is 120 Å². The highest BCUT2D eigenvalue weighted by Crippen LogP contribution is 2.19. The third-order valence-corrected chi connectivity index (χ3v) is 3.33. The quantitative estimate of drug-likeness (QED) is 0.814. The van der Waals surface area contributed by atoms with E-state index in [0.717, 1.165) is 10.0 Å². The van der Waals surface area contributed by atoms with Crippen LogP contribution in [0, 0.1) is 6.92 Å². The molecule has 0 unspecified atom stereocenters. The maximum atomic E-state index is 11.9. The Kier molecular flexibility index (Phi) is 6.35.